The first-order chi connectivity index (χ1) is 8.71. The monoisotopic (exact) mass is 247 g/mol. The van der Waals surface area contributed by atoms with E-state index in [4.69, 9.17) is 5.26 Å². The highest BCUT2D eigenvalue weighted by molar-refractivity contribution is 5.69. The van der Waals surface area contributed by atoms with Crippen molar-refractivity contribution < 1.29 is 9.53 Å². The fourth-order valence-corrected chi connectivity index (χ4v) is 1.61. The number of hydrogen-bond acceptors (Lipinski definition) is 5. The zero-order valence-corrected chi connectivity index (χ0v) is 10.7. The van der Waals surface area contributed by atoms with E-state index in [0.29, 0.717) is 25.2 Å². The molecule has 0 aliphatic heterocycles. The first-order valence-corrected chi connectivity index (χ1v) is 5.84. The van der Waals surface area contributed by atoms with Gasteiger partial charge in [-0.2, -0.15) is 5.26 Å². The molecule has 5 heteroatoms. The number of nitrogens with zero attached hydrogens (tertiary/aromatic N) is 3. The summed E-state index contributed by atoms with van der Waals surface area (Å²) in [7, 11) is 1.38. The van der Waals surface area contributed by atoms with Gasteiger partial charge in [-0.3, -0.25) is 9.69 Å². The van der Waals surface area contributed by atoms with Gasteiger partial charge in [-0.1, -0.05) is 13.0 Å². The molecule has 0 saturated carbocycles. The molecule has 0 unspecified atom stereocenters. The summed E-state index contributed by atoms with van der Waals surface area (Å²) >= 11 is 0. The van der Waals surface area contributed by atoms with E-state index in [0.717, 1.165) is 12.1 Å². The summed E-state index contributed by atoms with van der Waals surface area (Å²) in [6.07, 6.45) is 1.96. The van der Waals surface area contributed by atoms with E-state index >= 15 is 0 Å². The summed E-state index contributed by atoms with van der Waals surface area (Å²) < 4.78 is 4.61. The summed E-state index contributed by atoms with van der Waals surface area (Å²) in [4.78, 5) is 17.2. The van der Waals surface area contributed by atoms with E-state index in [1.54, 1.807) is 6.20 Å². The maximum atomic E-state index is 11.1. The summed E-state index contributed by atoms with van der Waals surface area (Å²) in [5.41, 5.74) is 1.32. The lowest BCUT2D eigenvalue weighted by Crippen LogP contribution is -2.26. The summed E-state index contributed by atoms with van der Waals surface area (Å²) in [6, 6.07) is 5.76. The molecule has 0 aromatic carbocycles. The molecule has 18 heavy (non-hydrogen) atoms. The van der Waals surface area contributed by atoms with E-state index in [9.17, 15) is 4.79 Å². The lowest BCUT2D eigenvalue weighted by atomic mass is 10.2. The Morgan fingerprint density at radius 1 is 1.61 bits per heavy atom. The second kappa shape index (κ2) is 7.41. The van der Waals surface area contributed by atoms with Gasteiger partial charge in [0.2, 0.25) is 0 Å². The molecule has 96 valence electrons. The minimum absolute atomic E-state index is 0.222. The molecular formula is C13H17N3O2. The van der Waals surface area contributed by atoms with E-state index < -0.39 is 0 Å². The Balaban J connectivity index is 2.63. The van der Waals surface area contributed by atoms with Gasteiger partial charge in [-0.05, 0) is 12.6 Å². The summed E-state index contributed by atoms with van der Waals surface area (Å²) in [5, 5.41) is 8.96. The van der Waals surface area contributed by atoms with Crippen molar-refractivity contribution in [3.8, 4) is 6.07 Å². The molecule has 0 saturated heterocycles. The summed E-state index contributed by atoms with van der Waals surface area (Å²) in [5.74, 6) is -0.222. The molecule has 0 bridgehead atoms. The molecule has 0 aliphatic rings. The number of hydrogen-bond donors (Lipinski definition) is 0. The fraction of sp³-hybridized carbons (Fsp3) is 0.462. The molecule has 0 aliphatic carbocycles. The average molecular weight is 247 g/mol. The van der Waals surface area contributed by atoms with Crippen molar-refractivity contribution in [3.63, 3.8) is 0 Å². The molecule has 1 heterocycles. The molecule has 0 fully saturated rings. The Labute approximate surface area is 107 Å². The van der Waals surface area contributed by atoms with Crippen molar-refractivity contribution in [2.45, 2.75) is 19.9 Å². The Kier molecular flexibility index (Phi) is 5.81. The normalized spacial score (nSPS) is 10.1. The standard InChI is InChI=1S/C13H17N3O2/c1-3-16(8-6-13(17)18-2)10-11-5-4-7-15-12(11)9-14/h4-5,7H,3,6,8,10H2,1-2H3. The van der Waals surface area contributed by atoms with E-state index in [1.165, 1.54) is 7.11 Å². The maximum Gasteiger partial charge on any atom is 0.306 e. The van der Waals surface area contributed by atoms with Crippen molar-refractivity contribution >= 4 is 5.97 Å². The third-order valence-corrected chi connectivity index (χ3v) is 2.70. The Morgan fingerprint density at radius 2 is 2.39 bits per heavy atom. The minimum atomic E-state index is -0.222. The van der Waals surface area contributed by atoms with E-state index in [1.807, 2.05) is 19.1 Å². The van der Waals surface area contributed by atoms with Crippen molar-refractivity contribution in [2.24, 2.45) is 0 Å². The molecule has 0 radical (unpaired) electrons. The Morgan fingerprint density at radius 3 is 3.00 bits per heavy atom. The smallest absolute Gasteiger partial charge is 0.306 e. The third-order valence-electron chi connectivity index (χ3n) is 2.70. The minimum Gasteiger partial charge on any atom is -0.469 e. The fourth-order valence-electron chi connectivity index (χ4n) is 1.61. The molecule has 0 N–H and O–H groups in total. The van der Waals surface area contributed by atoms with Gasteiger partial charge in [0, 0.05) is 24.8 Å². The van der Waals surface area contributed by atoms with Gasteiger partial charge in [0.1, 0.15) is 11.8 Å². The van der Waals surface area contributed by atoms with Crippen LogP contribution in [0.1, 0.15) is 24.6 Å². The molecule has 0 spiro atoms. The van der Waals surface area contributed by atoms with Gasteiger partial charge >= 0.3 is 5.97 Å². The van der Waals surface area contributed by atoms with Crippen LogP contribution >= 0.6 is 0 Å². The topological polar surface area (TPSA) is 66.2 Å². The Bertz CT molecular complexity index is 440. The van der Waals surface area contributed by atoms with Crippen LogP contribution in [0.15, 0.2) is 18.3 Å². The van der Waals surface area contributed by atoms with Crippen molar-refractivity contribution in [1.82, 2.24) is 9.88 Å². The highest BCUT2D eigenvalue weighted by atomic mass is 16.5. The van der Waals surface area contributed by atoms with Crippen LogP contribution in [0, 0.1) is 11.3 Å². The molecule has 5 nitrogen and oxygen atoms in total. The number of carbonyl (C=O) groups excluding carboxylic acids is 1. The van der Waals surface area contributed by atoms with E-state index in [-0.39, 0.29) is 5.97 Å². The van der Waals surface area contributed by atoms with Crippen LogP contribution in [0.3, 0.4) is 0 Å². The quantitative estimate of drug-likeness (QED) is 0.710. The van der Waals surface area contributed by atoms with Crippen LogP contribution < -0.4 is 0 Å². The average Bonchev–Trinajstić information content (AvgIpc) is 2.43. The zero-order chi connectivity index (χ0) is 13.4. The molecule has 0 amide bonds. The number of nitriles is 1. The van der Waals surface area contributed by atoms with Crippen molar-refractivity contribution in [2.75, 3.05) is 20.2 Å². The first kappa shape index (κ1) is 14.1. The van der Waals surface area contributed by atoms with Gasteiger partial charge in [-0.15, -0.1) is 0 Å². The number of carbonyl (C=O) groups is 1. The first-order valence-electron chi connectivity index (χ1n) is 5.84. The van der Waals surface area contributed by atoms with Gasteiger partial charge in [0.25, 0.3) is 0 Å². The number of esters is 1. The molecule has 1 aromatic heterocycles. The number of methoxy groups -OCH3 is 1. The third kappa shape index (κ3) is 4.15. The lowest BCUT2D eigenvalue weighted by Gasteiger charge is -2.19. The van der Waals surface area contributed by atoms with Crippen LogP contribution in [-0.2, 0) is 16.1 Å². The number of aromatic nitrogens is 1. The molecule has 1 aromatic rings. The van der Waals surface area contributed by atoms with Crippen LogP contribution in [0.2, 0.25) is 0 Å². The van der Waals surface area contributed by atoms with Crippen LogP contribution in [0.25, 0.3) is 0 Å². The highest BCUT2D eigenvalue weighted by Gasteiger charge is 2.10. The van der Waals surface area contributed by atoms with Crippen LogP contribution in [-0.4, -0.2) is 36.1 Å². The second-order valence-corrected chi connectivity index (χ2v) is 3.82. The van der Waals surface area contributed by atoms with Crippen molar-refractivity contribution in [3.05, 3.63) is 29.6 Å². The number of pyridine rings is 1. The van der Waals surface area contributed by atoms with Gasteiger partial charge < -0.3 is 4.74 Å². The second-order valence-electron chi connectivity index (χ2n) is 3.82. The lowest BCUT2D eigenvalue weighted by molar-refractivity contribution is -0.141. The highest BCUT2D eigenvalue weighted by Crippen LogP contribution is 2.08. The van der Waals surface area contributed by atoms with E-state index in [2.05, 4.69) is 20.7 Å². The zero-order valence-electron chi connectivity index (χ0n) is 10.7. The predicted octanol–water partition coefficient (Wildman–Crippen LogP) is 1.34. The summed E-state index contributed by atoms with van der Waals surface area (Å²) in [6.45, 7) is 4.05. The van der Waals surface area contributed by atoms with Crippen LogP contribution in [0.4, 0.5) is 0 Å². The predicted molar refractivity (Wildman–Crippen MR) is 66.5 cm³/mol. The molecular weight excluding hydrogens is 230 g/mol. The SMILES string of the molecule is CCN(CCC(=O)OC)Cc1cccnc1C#N. The van der Waals surface area contributed by atoms with Gasteiger partial charge in [0.15, 0.2) is 0 Å². The van der Waals surface area contributed by atoms with Gasteiger partial charge in [-0.25, -0.2) is 4.98 Å². The maximum absolute atomic E-state index is 11.1. The Hall–Kier alpha value is -1.93. The number of rotatable bonds is 6. The molecule has 0 atom stereocenters. The van der Waals surface area contributed by atoms with Gasteiger partial charge in [0.05, 0.1) is 13.5 Å². The van der Waals surface area contributed by atoms with Crippen molar-refractivity contribution in [1.29, 1.82) is 5.26 Å². The van der Waals surface area contributed by atoms with Crippen LogP contribution in [0.5, 0.6) is 0 Å². The number of ether oxygens (including phenoxy) is 1. The largest absolute Gasteiger partial charge is 0.469 e. The molecule has 1 rings (SSSR count).